The highest BCUT2D eigenvalue weighted by molar-refractivity contribution is 7.80. The van der Waals surface area contributed by atoms with Gasteiger partial charge in [-0.1, -0.05) is 67.0 Å². The van der Waals surface area contributed by atoms with Crippen LogP contribution in [0.4, 0.5) is 0 Å². The van der Waals surface area contributed by atoms with Gasteiger partial charge in [-0.15, -0.1) is 0 Å². The number of hydrogen-bond acceptors (Lipinski definition) is 15. The smallest absolute Gasteiger partial charge is 0.246 e. The zero-order chi connectivity index (χ0) is 55.5. The molecule has 0 aliphatic carbocycles. The summed E-state index contributed by atoms with van der Waals surface area (Å²) in [6.07, 6.45) is -0.760. The number of likely N-dealkylation sites (tertiary alicyclic amines) is 1. The van der Waals surface area contributed by atoms with E-state index in [2.05, 4.69) is 62.5 Å². The van der Waals surface area contributed by atoms with Crippen LogP contribution in [0, 0.1) is 17.3 Å². The van der Waals surface area contributed by atoms with Crippen molar-refractivity contribution in [1.29, 1.82) is 0 Å². The van der Waals surface area contributed by atoms with Crippen LogP contribution in [-0.4, -0.2) is 147 Å². The summed E-state index contributed by atoms with van der Waals surface area (Å²) in [6, 6.07) is -5.57. The molecule has 0 saturated carbocycles. The molecule has 1 aromatic carbocycles. The Balaban J connectivity index is 2.46. The van der Waals surface area contributed by atoms with E-state index in [1.807, 2.05) is 34.6 Å². The maximum absolute atomic E-state index is 14.6. The van der Waals surface area contributed by atoms with E-state index in [1.165, 1.54) is 29.2 Å². The lowest BCUT2D eigenvalue weighted by Gasteiger charge is -2.39. The van der Waals surface area contributed by atoms with Gasteiger partial charge >= 0.3 is 0 Å². The number of nitrogens with two attached hydrogens (primary N) is 4. The van der Waals surface area contributed by atoms with E-state index in [0.717, 1.165) is 0 Å². The first-order valence-electron chi connectivity index (χ1n) is 24.1. The van der Waals surface area contributed by atoms with E-state index in [0.29, 0.717) is 18.4 Å². The number of rotatable bonds is 29. The summed E-state index contributed by atoms with van der Waals surface area (Å²) in [5.74, 6) is -10.5. The number of hydrogen-bond donors (Lipinski definition) is 14. The molecule has 0 bridgehead atoms. The molecule has 1 saturated heterocycles. The molecule has 10 atom stereocenters. The number of phenolic OH excluding ortho intramolecular Hbond substituents is 1. The Bertz CT molecular complexity index is 2140. The fourth-order valence-electron chi connectivity index (χ4n) is 8.03. The SMILES string of the molecule is CC[C@H](C)[C@H](NC(=O)[C@H](Cc1ccc(O)cc1)NC(=O)[C@@H](N)CS)C(=O)N[C@@H](CCC(N)=O)C(=O)N[C@@H](CC(N)=O)C(=O)N[C@@H](CS)C(=O)N1[C@H](C(=O)N[C@@H](CC(C)C)C(=O)NCC(N)=O)CC[C@@H]1C(C)(C)C. The van der Waals surface area contributed by atoms with Crippen LogP contribution < -0.4 is 60.2 Å². The van der Waals surface area contributed by atoms with Crippen LogP contribution in [0.15, 0.2) is 24.3 Å². The van der Waals surface area contributed by atoms with Gasteiger partial charge in [0.25, 0.3) is 0 Å². The number of carbonyl (C=O) groups excluding carboxylic acids is 11. The molecule has 0 spiro atoms. The van der Waals surface area contributed by atoms with Gasteiger partial charge in [-0.05, 0) is 60.6 Å². The molecule has 26 heteroatoms. The van der Waals surface area contributed by atoms with Gasteiger partial charge in [-0.2, -0.15) is 25.3 Å². The molecule has 1 aliphatic heterocycles. The summed E-state index contributed by atoms with van der Waals surface area (Å²) in [5.41, 5.74) is 21.9. The molecular weight excluding hydrogens is 989 g/mol. The maximum Gasteiger partial charge on any atom is 0.246 e. The van der Waals surface area contributed by atoms with Gasteiger partial charge in [0, 0.05) is 30.4 Å². The molecule has 0 aromatic heterocycles. The average Bonchev–Trinajstić information content (AvgIpc) is 3.78. The maximum atomic E-state index is 14.6. The topological polar surface area (TPSA) is 400 Å². The van der Waals surface area contributed by atoms with Gasteiger partial charge < -0.3 is 70.2 Å². The molecule has 1 aliphatic rings. The Morgan fingerprint density at radius 3 is 1.77 bits per heavy atom. The largest absolute Gasteiger partial charge is 0.508 e. The van der Waals surface area contributed by atoms with Crippen molar-refractivity contribution in [3.05, 3.63) is 29.8 Å². The summed E-state index contributed by atoms with van der Waals surface area (Å²) in [4.78, 5) is 148. The van der Waals surface area contributed by atoms with Crippen LogP contribution in [-0.2, 0) is 59.2 Å². The standard InChI is InChI=1S/C47H76N12O12S2/c1-8-24(4)38(58-43(68)30(54-39(64)27(48)21-72)18-25-9-11-26(60)12-10-25)45(70)53-28(13-16-35(49)61)41(66)55-31(19-36(50)62)42(67)57-32(22-73)46(71)59-33(14-15-34(59)47(5,6)7)44(69)56-29(17-23(2)3)40(65)52-20-37(51)63/h9-12,23-24,27-34,38,60,72-73H,8,13-22,48H2,1-7H3,(H2,49,61)(H2,50,62)(H2,51,63)(H,52,65)(H,53,70)(H,54,64)(H,55,66)(H,56,69)(H,57,67)(H,58,68)/t24-,27-,28-,29-,30-,31-,32-,33-,34+,38-/m0/s1. The Kier molecular flexibility index (Phi) is 25.5. The molecule has 24 nitrogen and oxygen atoms in total. The van der Waals surface area contributed by atoms with Crippen molar-refractivity contribution in [3.63, 3.8) is 0 Å². The first kappa shape index (κ1) is 63.0. The lowest BCUT2D eigenvalue weighted by Crippen LogP contribution is -2.62. The highest BCUT2D eigenvalue weighted by Gasteiger charge is 2.48. The van der Waals surface area contributed by atoms with Crippen molar-refractivity contribution in [1.82, 2.24) is 42.1 Å². The summed E-state index contributed by atoms with van der Waals surface area (Å²) in [6.45, 7) is 12.1. The number of amides is 11. The predicted molar refractivity (Wildman–Crippen MR) is 276 cm³/mol. The second-order valence-corrected chi connectivity index (χ2v) is 20.5. The zero-order valence-electron chi connectivity index (χ0n) is 42.5. The van der Waals surface area contributed by atoms with Gasteiger partial charge in [0.05, 0.1) is 19.0 Å². The van der Waals surface area contributed by atoms with Gasteiger partial charge in [0.15, 0.2) is 0 Å². The van der Waals surface area contributed by atoms with Crippen molar-refractivity contribution < 1.29 is 57.8 Å². The summed E-state index contributed by atoms with van der Waals surface area (Å²) in [7, 11) is 0. The van der Waals surface area contributed by atoms with Crippen molar-refractivity contribution in [2.45, 2.75) is 154 Å². The first-order chi connectivity index (χ1) is 34.0. The van der Waals surface area contributed by atoms with Gasteiger partial charge in [0.2, 0.25) is 65.0 Å². The summed E-state index contributed by atoms with van der Waals surface area (Å²) < 4.78 is 0. The Morgan fingerprint density at radius 1 is 0.685 bits per heavy atom. The molecule has 16 N–H and O–H groups in total. The zero-order valence-corrected chi connectivity index (χ0v) is 44.3. The second-order valence-electron chi connectivity index (χ2n) is 19.7. The van der Waals surface area contributed by atoms with Crippen molar-refractivity contribution in [2.75, 3.05) is 18.1 Å². The van der Waals surface area contributed by atoms with E-state index in [-0.39, 0.29) is 42.4 Å². The normalized spacial score (nSPS) is 17.8. The molecular formula is C47H76N12O12S2. The highest BCUT2D eigenvalue weighted by atomic mass is 32.1. The van der Waals surface area contributed by atoms with Crippen molar-refractivity contribution in [3.8, 4) is 5.75 Å². The van der Waals surface area contributed by atoms with Crippen molar-refractivity contribution in [2.24, 2.45) is 40.2 Å². The van der Waals surface area contributed by atoms with Gasteiger partial charge in [-0.25, -0.2) is 0 Å². The molecule has 1 heterocycles. The molecule has 0 unspecified atom stereocenters. The molecule has 73 heavy (non-hydrogen) atoms. The number of benzene rings is 1. The lowest BCUT2D eigenvalue weighted by molar-refractivity contribution is -0.145. The number of aromatic hydroxyl groups is 1. The summed E-state index contributed by atoms with van der Waals surface area (Å²) in [5, 5.41) is 27.5. The third-order valence-corrected chi connectivity index (χ3v) is 13.0. The Labute approximate surface area is 436 Å². The van der Waals surface area contributed by atoms with Crippen LogP contribution in [0.3, 0.4) is 0 Å². The van der Waals surface area contributed by atoms with Crippen LogP contribution in [0.5, 0.6) is 5.75 Å². The first-order valence-corrected chi connectivity index (χ1v) is 25.3. The number of carbonyl (C=O) groups is 11. The Hall–Kier alpha value is -6.15. The molecule has 11 amide bonds. The minimum Gasteiger partial charge on any atom is -0.508 e. The minimum absolute atomic E-state index is 0.0431. The van der Waals surface area contributed by atoms with E-state index in [4.69, 9.17) is 22.9 Å². The molecule has 408 valence electrons. The number of nitrogens with one attached hydrogen (secondary N) is 7. The minimum atomic E-state index is -1.78. The van der Waals surface area contributed by atoms with Crippen LogP contribution >= 0.6 is 25.3 Å². The number of thiol groups is 2. The third-order valence-electron chi connectivity index (χ3n) is 12.2. The van der Waals surface area contributed by atoms with Crippen molar-refractivity contribution >= 4 is 90.2 Å². The van der Waals surface area contributed by atoms with E-state index < -0.39 is 156 Å². The number of primary amides is 3. The molecule has 1 fully saturated rings. The van der Waals surface area contributed by atoms with Gasteiger partial charge in [-0.3, -0.25) is 52.7 Å². The van der Waals surface area contributed by atoms with Crippen LogP contribution in [0.25, 0.3) is 0 Å². The highest BCUT2D eigenvalue weighted by Crippen LogP contribution is 2.37. The second kappa shape index (κ2) is 29.5. The van der Waals surface area contributed by atoms with Crippen LogP contribution in [0.2, 0.25) is 0 Å². The average molecular weight is 1070 g/mol. The fourth-order valence-corrected chi connectivity index (χ4v) is 8.44. The summed E-state index contributed by atoms with van der Waals surface area (Å²) >= 11 is 8.39. The monoisotopic (exact) mass is 1060 g/mol. The molecule has 0 radical (unpaired) electrons. The predicted octanol–water partition coefficient (Wildman–Crippen LogP) is -2.73. The number of nitrogens with zero attached hydrogens (tertiary/aromatic N) is 1. The molecule has 1 aromatic rings. The lowest BCUT2D eigenvalue weighted by atomic mass is 9.85. The third kappa shape index (κ3) is 20.4. The fraction of sp³-hybridized carbons (Fsp3) is 0.638. The number of phenols is 1. The van der Waals surface area contributed by atoms with E-state index in [9.17, 15) is 57.8 Å². The van der Waals surface area contributed by atoms with Gasteiger partial charge in [0.1, 0.15) is 48.0 Å². The Morgan fingerprint density at radius 2 is 1.25 bits per heavy atom. The molecule has 2 rings (SSSR count). The van der Waals surface area contributed by atoms with E-state index >= 15 is 0 Å². The van der Waals surface area contributed by atoms with Crippen LogP contribution in [0.1, 0.15) is 99.0 Å². The quantitative estimate of drug-likeness (QED) is 0.0363. The van der Waals surface area contributed by atoms with E-state index in [1.54, 1.807) is 13.8 Å².